The smallest absolute Gasteiger partial charge is 0.330 e. The molecular formula is C26H33F2N3O3. The summed E-state index contributed by atoms with van der Waals surface area (Å²) in [5.74, 6) is -1.33. The van der Waals surface area contributed by atoms with E-state index in [1.165, 1.54) is 6.08 Å². The van der Waals surface area contributed by atoms with E-state index in [4.69, 9.17) is 4.74 Å². The minimum Gasteiger partial charge on any atom is -0.463 e. The lowest BCUT2D eigenvalue weighted by Gasteiger charge is -2.30. The Morgan fingerprint density at radius 2 is 1.62 bits per heavy atom. The van der Waals surface area contributed by atoms with Gasteiger partial charge in [0.15, 0.2) is 0 Å². The van der Waals surface area contributed by atoms with Gasteiger partial charge in [0.2, 0.25) is 0 Å². The van der Waals surface area contributed by atoms with E-state index in [-0.39, 0.29) is 12.3 Å². The fourth-order valence-electron chi connectivity index (χ4n) is 3.41. The monoisotopic (exact) mass is 473 g/mol. The molecule has 0 atom stereocenters. The summed E-state index contributed by atoms with van der Waals surface area (Å²) in [6, 6.07) is 7.72. The lowest BCUT2D eigenvalue weighted by molar-refractivity contribution is -0.137. The normalized spacial score (nSPS) is 11.2. The molecular weight excluding hydrogens is 440 g/mol. The van der Waals surface area contributed by atoms with Crippen molar-refractivity contribution >= 4 is 35.1 Å². The number of urea groups is 1. The molecule has 2 aromatic rings. The van der Waals surface area contributed by atoms with Crippen LogP contribution in [-0.4, -0.2) is 31.7 Å². The van der Waals surface area contributed by atoms with Crippen molar-refractivity contribution in [1.82, 2.24) is 0 Å². The molecule has 0 fully saturated rings. The molecule has 0 aliphatic rings. The number of nitrogens with one attached hydrogen (secondary N) is 2. The molecule has 2 N–H and O–H groups in total. The van der Waals surface area contributed by atoms with Gasteiger partial charge in [0.05, 0.1) is 23.7 Å². The van der Waals surface area contributed by atoms with Gasteiger partial charge < -0.3 is 20.3 Å². The highest BCUT2D eigenvalue weighted by Gasteiger charge is 2.17. The third-order valence-electron chi connectivity index (χ3n) is 4.66. The number of carbonyl (C=O) groups is 2. The molecule has 8 heteroatoms. The van der Waals surface area contributed by atoms with Crippen LogP contribution in [0, 0.1) is 23.5 Å². The van der Waals surface area contributed by atoms with Gasteiger partial charge in [-0.1, -0.05) is 33.8 Å². The van der Waals surface area contributed by atoms with Gasteiger partial charge >= 0.3 is 12.0 Å². The van der Waals surface area contributed by atoms with Crippen LogP contribution in [0.2, 0.25) is 0 Å². The maximum Gasteiger partial charge on any atom is 0.330 e. The molecule has 34 heavy (non-hydrogen) atoms. The molecule has 0 aliphatic heterocycles. The average molecular weight is 474 g/mol. The quantitative estimate of drug-likeness (QED) is 0.314. The van der Waals surface area contributed by atoms with Crippen LogP contribution >= 0.6 is 0 Å². The van der Waals surface area contributed by atoms with Crippen molar-refractivity contribution in [3.8, 4) is 0 Å². The molecule has 6 nitrogen and oxygen atoms in total. The highest BCUT2D eigenvalue weighted by Crippen LogP contribution is 2.30. The number of hydrogen-bond acceptors (Lipinski definition) is 4. The van der Waals surface area contributed by atoms with Crippen molar-refractivity contribution < 1.29 is 23.1 Å². The van der Waals surface area contributed by atoms with Crippen molar-refractivity contribution in [1.29, 1.82) is 0 Å². The summed E-state index contributed by atoms with van der Waals surface area (Å²) < 4.78 is 32.1. The zero-order valence-electron chi connectivity index (χ0n) is 20.3. The van der Waals surface area contributed by atoms with Crippen LogP contribution in [0.3, 0.4) is 0 Å². The second kappa shape index (κ2) is 12.7. The molecule has 0 radical (unpaired) electrons. The number of amides is 2. The summed E-state index contributed by atoms with van der Waals surface area (Å²) in [5, 5.41) is 5.20. The first-order valence-electron chi connectivity index (χ1n) is 11.4. The zero-order chi connectivity index (χ0) is 25.3. The van der Waals surface area contributed by atoms with E-state index in [2.05, 4.69) is 43.2 Å². The van der Waals surface area contributed by atoms with Gasteiger partial charge in [0.1, 0.15) is 11.6 Å². The maximum absolute atomic E-state index is 14.0. The molecule has 0 bridgehead atoms. The molecule has 0 aliphatic carbocycles. The molecule has 0 saturated carbocycles. The molecule has 2 amide bonds. The van der Waals surface area contributed by atoms with Gasteiger partial charge in [-0.15, -0.1) is 0 Å². The highest BCUT2D eigenvalue weighted by molar-refractivity contribution is 6.02. The number of ether oxygens (including phenoxy) is 1. The molecule has 2 rings (SSSR count). The van der Waals surface area contributed by atoms with E-state index >= 15 is 0 Å². The Bertz CT molecular complexity index is 1010. The van der Waals surface area contributed by atoms with E-state index in [0.29, 0.717) is 29.2 Å². The van der Waals surface area contributed by atoms with Gasteiger partial charge in [-0.3, -0.25) is 0 Å². The molecule has 2 aromatic carbocycles. The Labute approximate surface area is 200 Å². The first-order chi connectivity index (χ1) is 16.1. The second-order valence-corrected chi connectivity index (χ2v) is 8.76. The number of halogens is 2. The van der Waals surface area contributed by atoms with Crippen LogP contribution in [0.5, 0.6) is 0 Å². The van der Waals surface area contributed by atoms with Crippen molar-refractivity contribution in [3.63, 3.8) is 0 Å². The van der Waals surface area contributed by atoms with Crippen LogP contribution in [0.15, 0.2) is 42.5 Å². The minimum atomic E-state index is -0.872. The van der Waals surface area contributed by atoms with Crippen LogP contribution in [0.25, 0.3) is 6.08 Å². The minimum absolute atomic E-state index is 0.139. The standard InChI is InChI=1S/C26H33F2N3O3/c1-6-34-25(32)12-8-19-7-11-24(31(15-17(2)3)16-18(4)5)23(13-19)30-26(33)29-22-10-9-20(27)14-21(22)28/h7-14,17-18H,6,15-16H2,1-5H3,(H2,29,30,33)/b12-8+. The summed E-state index contributed by atoms with van der Waals surface area (Å²) in [6.45, 7) is 12.0. The van der Waals surface area contributed by atoms with Crippen LogP contribution < -0.4 is 15.5 Å². The molecule has 0 heterocycles. The number of carbonyl (C=O) groups excluding carboxylic acids is 2. The van der Waals surface area contributed by atoms with Gasteiger partial charge in [-0.2, -0.15) is 0 Å². The Morgan fingerprint density at radius 3 is 2.21 bits per heavy atom. The van der Waals surface area contributed by atoms with Gasteiger partial charge in [0.25, 0.3) is 0 Å². The highest BCUT2D eigenvalue weighted by atomic mass is 19.1. The maximum atomic E-state index is 14.0. The van der Waals surface area contributed by atoms with Crippen LogP contribution in [0.1, 0.15) is 40.2 Å². The summed E-state index contributed by atoms with van der Waals surface area (Å²) in [5.41, 5.74) is 1.83. The Morgan fingerprint density at radius 1 is 0.971 bits per heavy atom. The van der Waals surface area contributed by atoms with Crippen molar-refractivity contribution in [2.75, 3.05) is 35.2 Å². The van der Waals surface area contributed by atoms with E-state index in [1.807, 2.05) is 12.1 Å². The predicted octanol–water partition coefficient (Wildman–Crippen LogP) is 6.30. The number of anilines is 3. The van der Waals surface area contributed by atoms with Crippen LogP contribution in [0.4, 0.5) is 30.6 Å². The summed E-state index contributed by atoms with van der Waals surface area (Å²) >= 11 is 0. The number of benzene rings is 2. The number of esters is 1. The van der Waals surface area contributed by atoms with E-state index in [9.17, 15) is 18.4 Å². The predicted molar refractivity (Wildman–Crippen MR) is 133 cm³/mol. The average Bonchev–Trinajstić information content (AvgIpc) is 2.73. The number of rotatable bonds is 10. The zero-order valence-corrected chi connectivity index (χ0v) is 20.3. The SMILES string of the molecule is CCOC(=O)/C=C/c1ccc(N(CC(C)C)CC(C)C)c(NC(=O)Nc2ccc(F)cc2F)c1. The molecule has 0 aromatic heterocycles. The van der Waals surface area contributed by atoms with E-state index in [0.717, 1.165) is 30.9 Å². The molecule has 0 saturated heterocycles. The number of nitrogens with zero attached hydrogens (tertiary/aromatic N) is 1. The third kappa shape index (κ3) is 8.50. The second-order valence-electron chi connectivity index (χ2n) is 8.76. The Kier molecular flexibility index (Phi) is 10.0. The lowest BCUT2D eigenvalue weighted by atomic mass is 10.1. The first kappa shape index (κ1) is 26.8. The van der Waals surface area contributed by atoms with Crippen molar-refractivity contribution in [2.24, 2.45) is 11.8 Å². The van der Waals surface area contributed by atoms with Crippen molar-refractivity contribution in [2.45, 2.75) is 34.6 Å². The summed E-state index contributed by atoms with van der Waals surface area (Å²) in [4.78, 5) is 26.6. The van der Waals surface area contributed by atoms with Gasteiger partial charge in [-0.05, 0) is 54.7 Å². The Balaban J connectivity index is 2.38. The fraction of sp³-hybridized carbons (Fsp3) is 0.385. The van der Waals surface area contributed by atoms with Gasteiger partial charge in [-0.25, -0.2) is 18.4 Å². The molecule has 184 valence electrons. The largest absolute Gasteiger partial charge is 0.463 e. The van der Waals surface area contributed by atoms with E-state index in [1.54, 1.807) is 19.1 Å². The topological polar surface area (TPSA) is 70.7 Å². The van der Waals surface area contributed by atoms with Crippen LogP contribution in [-0.2, 0) is 9.53 Å². The molecule has 0 unspecified atom stereocenters. The number of hydrogen-bond donors (Lipinski definition) is 2. The summed E-state index contributed by atoms with van der Waals surface area (Å²) in [6.07, 6.45) is 2.91. The first-order valence-corrected chi connectivity index (χ1v) is 11.4. The molecule has 0 spiro atoms. The van der Waals surface area contributed by atoms with E-state index < -0.39 is 23.6 Å². The Hall–Kier alpha value is -3.42. The van der Waals surface area contributed by atoms with Crippen molar-refractivity contribution in [3.05, 3.63) is 59.7 Å². The third-order valence-corrected chi connectivity index (χ3v) is 4.66. The van der Waals surface area contributed by atoms with Gasteiger partial charge in [0, 0.05) is 25.2 Å². The fourth-order valence-corrected chi connectivity index (χ4v) is 3.41. The lowest BCUT2D eigenvalue weighted by Crippen LogP contribution is -2.32. The summed E-state index contributed by atoms with van der Waals surface area (Å²) in [7, 11) is 0.